The molecule has 3 aromatic rings. The van der Waals surface area contributed by atoms with Gasteiger partial charge in [-0.25, -0.2) is 9.97 Å². The summed E-state index contributed by atoms with van der Waals surface area (Å²) < 4.78 is 1.67. The van der Waals surface area contributed by atoms with Crippen LogP contribution < -0.4 is 0 Å². The van der Waals surface area contributed by atoms with Gasteiger partial charge < -0.3 is 0 Å². The molecule has 0 unspecified atom stereocenters. The summed E-state index contributed by atoms with van der Waals surface area (Å²) in [6.07, 6.45) is 5.48. The lowest BCUT2D eigenvalue weighted by atomic mass is 10.2. The van der Waals surface area contributed by atoms with E-state index in [2.05, 4.69) is 15.1 Å². The number of hydrogen-bond acceptors (Lipinski definition) is 3. The highest BCUT2D eigenvalue weighted by Crippen LogP contribution is 2.19. The van der Waals surface area contributed by atoms with E-state index < -0.39 is 0 Å². The zero-order valence-electron chi connectivity index (χ0n) is 10.3. The fraction of sp³-hybridized carbons (Fsp3) is 0.0714. The molecule has 2 heterocycles. The van der Waals surface area contributed by atoms with Crippen LogP contribution in [0, 0.1) is 0 Å². The lowest BCUT2D eigenvalue weighted by molar-refractivity contribution is 0.795. The van der Waals surface area contributed by atoms with Crippen LogP contribution in [0.2, 0.25) is 5.15 Å². The van der Waals surface area contributed by atoms with E-state index >= 15 is 0 Å². The molecule has 4 nitrogen and oxygen atoms in total. The Morgan fingerprint density at radius 3 is 2.68 bits per heavy atom. The Kier molecular flexibility index (Phi) is 3.01. The molecule has 2 aromatic heterocycles. The first-order chi connectivity index (χ1) is 9.24. The monoisotopic (exact) mass is 270 g/mol. The molecule has 0 bridgehead atoms. The zero-order chi connectivity index (χ0) is 13.2. The lowest BCUT2D eigenvalue weighted by Gasteiger charge is -1.98. The smallest absolute Gasteiger partial charge is 0.159 e. The quantitative estimate of drug-likeness (QED) is 0.672. The fourth-order valence-corrected chi connectivity index (χ4v) is 2.16. The Hall–Kier alpha value is -2.20. The van der Waals surface area contributed by atoms with Crippen LogP contribution in [0.5, 0.6) is 0 Å². The SMILES string of the molecule is Cn1ncc2nc(C=Cc3ccccc3)nc(Cl)c21. The van der Waals surface area contributed by atoms with E-state index in [4.69, 9.17) is 11.6 Å². The lowest BCUT2D eigenvalue weighted by Crippen LogP contribution is -1.94. The predicted octanol–water partition coefficient (Wildman–Crippen LogP) is 3.19. The van der Waals surface area contributed by atoms with Gasteiger partial charge >= 0.3 is 0 Å². The first kappa shape index (κ1) is 11.9. The third kappa shape index (κ3) is 2.35. The summed E-state index contributed by atoms with van der Waals surface area (Å²) in [4.78, 5) is 8.66. The Morgan fingerprint density at radius 1 is 1.11 bits per heavy atom. The first-order valence-electron chi connectivity index (χ1n) is 5.82. The van der Waals surface area contributed by atoms with Crippen LogP contribution in [-0.2, 0) is 7.05 Å². The molecule has 0 radical (unpaired) electrons. The van der Waals surface area contributed by atoms with Gasteiger partial charge in [0, 0.05) is 7.05 Å². The minimum absolute atomic E-state index is 0.415. The molecule has 0 saturated heterocycles. The number of benzene rings is 1. The van der Waals surface area contributed by atoms with Gasteiger partial charge in [0.25, 0.3) is 0 Å². The van der Waals surface area contributed by atoms with Gasteiger partial charge in [0.2, 0.25) is 0 Å². The fourth-order valence-electron chi connectivity index (χ4n) is 1.86. The number of halogens is 1. The molecule has 0 N–H and O–H groups in total. The van der Waals surface area contributed by atoms with Crippen molar-refractivity contribution in [2.75, 3.05) is 0 Å². The van der Waals surface area contributed by atoms with Gasteiger partial charge in [-0.05, 0) is 11.6 Å². The molecule has 19 heavy (non-hydrogen) atoms. The molecule has 0 aliphatic rings. The van der Waals surface area contributed by atoms with Crippen molar-refractivity contribution in [3.8, 4) is 0 Å². The number of aryl methyl sites for hydroxylation is 1. The highest BCUT2D eigenvalue weighted by atomic mass is 35.5. The van der Waals surface area contributed by atoms with Crippen molar-refractivity contribution < 1.29 is 0 Å². The topological polar surface area (TPSA) is 43.6 Å². The first-order valence-corrected chi connectivity index (χ1v) is 6.20. The highest BCUT2D eigenvalue weighted by molar-refractivity contribution is 6.33. The zero-order valence-corrected chi connectivity index (χ0v) is 11.0. The van der Waals surface area contributed by atoms with E-state index in [1.807, 2.05) is 49.5 Å². The van der Waals surface area contributed by atoms with Gasteiger partial charge in [0.1, 0.15) is 11.0 Å². The summed E-state index contributed by atoms with van der Waals surface area (Å²) in [6.45, 7) is 0. The molecule has 0 fully saturated rings. The maximum absolute atomic E-state index is 6.14. The third-order valence-electron chi connectivity index (χ3n) is 2.79. The molecular formula is C14H11ClN4. The normalized spacial score (nSPS) is 11.5. The molecule has 94 valence electrons. The van der Waals surface area contributed by atoms with Crippen molar-refractivity contribution >= 4 is 34.8 Å². The second-order valence-corrected chi connectivity index (χ2v) is 4.48. The molecule has 0 saturated carbocycles. The van der Waals surface area contributed by atoms with Gasteiger partial charge in [-0.1, -0.05) is 48.0 Å². The molecular weight excluding hydrogens is 260 g/mol. The van der Waals surface area contributed by atoms with Crippen molar-refractivity contribution in [1.82, 2.24) is 19.7 Å². The summed E-state index contributed by atoms with van der Waals surface area (Å²) in [7, 11) is 1.82. The van der Waals surface area contributed by atoms with Crippen LogP contribution in [-0.4, -0.2) is 19.7 Å². The van der Waals surface area contributed by atoms with Gasteiger partial charge in [0.15, 0.2) is 11.0 Å². The second kappa shape index (κ2) is 4.82. The molecule has 0 atom stereocenters. The van der Waals surface area contributed by atoms with E-state index in [1.54, 1.807) is 10.9 Å². The number of fused-ring (bicyclic) bond motifs is 1. The number of nitrogens with zero attached hydrogens (tertiary/aromatic N) is 4. The second-order valence-electron chi connectivity index (χ2n) is 4.12. The van der Waals surface area contributed by atoms with Gasteiger partial charge in [-0.2, -0.15) is 5.10 Å². The highest BCUT2D eigenvalue weighted by Gasteiger charge is 2.08. The minimum atomic E-state index is 0.415. The van der Waals surface area contributed by atoms with Crippen molar-refractivity contribution in [2.45, 2.75) is 0 Å². The summed E-state index contributed by atoms with van der Waals surface area (Å²) in [5.41, 5.74) is 2.59. The van der Waals surface area contributed by atoms with E-state index in [1.165, 1.54) is 0 Å². The Morgan fingerprint density at radius 2 is 1.89 bits per heavy atom. The van der Waals surface area contributed by atoms with Crippen LogP contribution in [0.15, 0.2) is 36.5 Å². The van der Waals surface area contributed by atoms with Gasteiger partial charge in [-0.15, -0.1) is 0 Å². The molecule has 1 aromatic carbocycles. The van der Waals surface area contributed by atoms with Crippen LogP contribution in [0.3, 0.4) is 0 Å². The number of hydrogen-bond donors (Lipinski definition) is 0. The molecule has 0 spiro atoms. The predicted molar refractivity (Wildman–Crippen MR) is 76.7 cm³/mol. The minimum Gasteiger partial charge on any atom is -0.263 e. The maximum Gasteiger partial charge on any atom is 0.159 e. The summed E-state index contributed by atoms with van der Waals surface area (Å²) in [5, 5.41) is 4.54. The molecule has 3 rings (SSSR count). The van der Waals surface area contributed by atoms with Crippen molar-refractivity contribution in [3.05, 3.63) is 53.1 Å². The van der Waals surface area contributed by atoms with Crippen LogP contribution in [0.1, 0.15) is 11.4 Å². The molecule has 5 heteroatoms. The average molecular weight is 271 g/mol. The number of aromatic nitrogens is 4. The van der Waals surface area contributed by atoms with Crippen LogP contribution >= 0.6 is 11.6 Å². The standard InChI is InChI=1S/C14H11ClN4/c1-19-13-11(9-16-19)17-12(18-14(13)15)8-7-10-5-3-2-4-6-10/h2-9H,1H3. The van der Waals surface area contributed by atoms with Crippen molar-refractivity contribution in [3.63, 3.8) is 0 Å². The molecule has 0 aliphatic carbocycles. The van der Waals surface area contributed by atoms with Crippen LogP contribution in [0.25, 0.3) is 23.2 Å². The summed E-state index contributed by atoms with van der Waals surface area (Å²) in [5.74, 6) is 0.578. The van der Waals surface area contributed by atoms with E-state index in [9.17, 15) is 0 Å². The van der Waals surface area contributed by atoms with Crippen molar-refractivity contribution in [1.29, 1.82) is 0 Å². The molecule has 0 amide bonds. The van der Waals surface area contributed by atoms with Gasteiger partial charge in [-0.3, -0.25) is 4.68 Å². The van der Waals surface area contributed by atoms with E-state index in [-0.39, 0.29) is 0 Å². The third-order valence-corrected chi connectivity index (χ3v) is 3.05. The Labute approximate surface area is 115 Å². The number of rotatable bonds is 2. The molecule has 0 aliphatic heterocycles. The largest absolute Gasteiger partial charge is 0.263 e. The van der Waals surface area contributed by atoms with E-state index in [0.29, 0.717) is 11.0 Å². The average Bonchev–Trinajstić information content (AvgIpc) is 2.80. The van der Waals surface area contributed by atoms with Crippen LogP contribution in [0.4, 0.5) is 0 Å². The Bertz CT molecular complexity index is 747. The summed E-state index contributed by atoms with van der Waals surface area (Å²) in [6, 6.07) is 9.98. The maximum atomic E-state index is 6.14. The van der Waals surface area contributed by atoms with Crippen molar-refractivity contribution in [2.24, 2.45) is 7.05 Å². The van der Waals surface area contributed by atoms with E-state index in [0.717, 1.165) is 16.6 Å². The van der Waals surface area contributed by atoms with Gasteiger partial charge in [0.05, 0.1) is 6.20 Å². The Balaban J connectivity index is 2.00. The summed E-state index contributed by atoms with van der Waals surface area (Å²) >= 11 is 6.14.